The minimum absolute atomic E-state index is 0.215. The number of rotatable bonds is 4. The minimum atomic E-state index is -0.454. The average molecular weight is 220 g/mol. The van der Waals surface area contributed by atoms with Gasteiger partial charge in [0.2, 0.25) is 5.76 Å². The summed E-state index contributed by atoms with van der Waals surface area (Å²) in [6, 6.07) is 5.04. The molecular formula is C11H12N2O3. The minimum Gasteiger partial charge on any atom is -0.457 e. The molecular weight excluding hydrogens is 208 g/mol. The standard InChI is InChI=1S/C11H12N2O3/c1-9(8-13-6-3-5-12-13)16-11(14)10-4-2-7-15-10/h2-7,9H,8H2,1H3/t9-/m1/s1. The molecule has 0 N–H and O–H groups in total. The van der Waals surface area contributed by atoms with E-state index < -0.39 is 5.97 Å². The zero-order chi connectivity index (χ0) is 11.4. The number of furan rings is 1. The molecule has 0 unspecified atom stereocenters. The van der Waals surface area contributed by atoms with Gasteiger partial charge in [0, 0.05) is 12.4 Å². The van der Waals surface area contributed by atoms with Crippen molar-refractivity contribution in [3.63, 3.8) is 0 Å². The second-order valence-corrected chi connectivity index (χ2v) is 3.42. The van der Waals surface area contributed by atoms with Gasteiger partial charge in [0.05, 0.1) is 12.8 Å². The highest BCUT2D eigenvalue weighted by molar-refractivity contribution is 5.86. The van der Waals surface area contributed by atoms with Crippen molar-refractivity contribution < 1.29 is 13.9 Å². The largest absolute Gasteiger partial charge is 0.457 e. The molecule has 0 bridgehead atoms. The van der Waals surface area contributed by atoms with Crippen molar-refractivity contribution in [1.29, 1.82) is 0 Å². The first kappa shape index (κ1) is 10.5. The Bertz CT molecular complexity index is 434. The fraction of sp³-hybridized carbons (Fsp3) is 0.273. The SMILES string of the molecule is C[C@H](Cn1cccn1)OC(=O)c1ccco1. The molecule has 0 saturated carbocycles. The van der Waals surface area contributed by atoms with Crippen molar-refractivity contribution in [2.24, 2.45) is 0 Å². The van der Waals surface area contributed by atoms with Crippen LogP contribution in [0.5, 0.6) is 0 Å². The molecule has 5 heteroatoms. The fourth-order valence-corrected chi connectivity index (χ4v) is 1.34. The zero-order valence-corrected chi connectivity index (χ0v) is 8.87. The molecule has 0 aliphatic heterocycles. The van der Waals surface area contributed by atoms with Crippen molar-refractivity contribution in [2.75, 3.05) is 0 Å². The first-order valence-electron chi connectivity index (χ1n) is 4.97. The Morgan fingerprint density at radius 1 is 1.62 bits per heavy atom. The van der Waals surface area contributed by atoms with Crippen LogP contribution in [0.1, 0.15) is 17.5 Å². The molecule has 0 radical (unpaired) electrons. The molecule has 2 aromatic rings. The van der Waals surface area contributed by atoms with Crippen molar-refractivity contribution >= 4 is 5.97 Å². The molecule has 2 heterocycles. The summed E-state index contributed by atoms with van der Waals surface area (Å²) in [5.74, 6) is -0.239. The number of carbonyl (C=O) groups is 1. The maximum atomic E-state index is 11.5. The van der Waals surface area contributed by atoms with Gasteiger partial charge in [-0.25, -0.2) is 4.79 Å². The van der Waals surface area contributed by atoms with E-state index in [2.05, 4.69) is 5.10 Å². The van der Waals surface area contributed by atoms with Crippen molar-refractivity contribution in [3.8, 4) is 0 Å². The number of aromatic nitrogens is 2. The summed E-state index contributed by atoms with van der Waals surface area (Å²) in [6.07, 6.45) is 4.69. The Labute approximate surface area is 92.6 Å². The number of nitrogens with zero attached hydrogens (tertiary/aromatic N) is 2. The predicted octanol–water partition coefficient (Wildman–Crippen LogP) is 1.72. The average Bonchev–Trinajstić information content (AvgIpc) is 2.88. The lowest BCUT2D eigenvalue weighted by atomic mass is 10.4. The van der Waals surface area contributed by atoms with Crippen LogP contribution in [-0.2, 0) is 11.3 Å². The smallest absolute Gasteiger partial charge is 0.374 e. The van der Waals surface area contributed by atoms with E-state index in [1.807, 2.05) is 19.2 Å². The summed E-state index contributed by atoms with van der Waals surface area (Å²) in [6.45, 7) is 2.34. The number of hydrogen-bond acceptors (Lipinski definition) is 4. The van der Waals surface area contributed by atoms with Crippen LogP contribution in [0.2, 0.25) is 0 Å². The predicted molar refractivity (Wildman–Crippen MR) is 55.8 cm³/mol. The van der Waals surface area contributed by atoms with Gasteiger partial charge in [0.1, 0.15) is 6.10 Å². The van der Waals surface area contributed by atoms with Gasteiger partial charge in [-0.15, -0.1) is 0 Å². The molecule has 5 nitrogen and oxygen atoms in total. The normalized spacial score (nSPS) is 12.3. The van der Waals surface area contributed by atoms with Gasteiger partial charge in [-0.1, -0.05) is 0 Å². The monoisotopic (exact) mass is 220 g/mol. The van der Waals surface area contributed by atoms with Crippen molar-refractivity contribution in [2.45, 2.75) is 19.6 Å². The van der Waals surface area contributed by atoms with Crippen LogP contribution >= 0.6 is 0 Å². The van der Waals surface area contributed by atoms with Crippen LogP contribution in [0.15, 0.2) is 41.3 Å². The van der Waals surface area contributed by atoms with E-state index in [1.165, 1.54) is 6.26 Å². The molecule has 0 spiro atoms. The number of esters is 1. The van der Waals surface area contributed by atoms with Crippen LogP contribution < -0.4 is 0 Å². The quantitative estimate of drug-likeness (QED) is 0.736. The number of hydrogen-bond donors (Lipinski definition) is 0. The van der Waals surface area contributed by atoms with Gasteiger partial charge >= 0.3 is 5.97 Å². The summed E-state index contributed by atoms with van der Waals surface area (Å²) < 4.78 is 11.8. The van der Waals surface area contributed by atoms with Gasteiger partial charge in [0.15, 0.2) is 0 Å². The topological polar surface area (TPSA) is 57.3 Å². The third-order valence-corrected chi connectivity index (χ3v) is 2.03. The Balaban J connectivity index is 1.88. The first-order valence-corrected chi connectivity index (χ1v) is 4.97. The maximum Gasteiger partial charge on any atom is 0.374 e. The molecule has 0 saturated heterocycles. The molecule has 0 aliphatic carbocycles. The number of carbonyl (C=O) groups excluding carboxylic acids is 1. The molecule has 84 valence electrons. The molecule has 2 rings (SSSR count). The lowest BCUT2D eigenvalue weighted by molar-refractivity contribution is 0.0263. The van der Waals surface area contributed by atoms with Crippen molar-refractivity contribution in [3.05, 3.63) is 42.6 Å². The second kappa shape index (κ2) is 4.65. The van der Waals surface area contributed by atoms with Crippen LogP contribution in [0.4, 0.5) is 0 Å². The van der Waals surface area contributed by atoms with Crippen molar-refractivity contribution in [1.82, 2.24) is 9.78 Å². The third kappa shape index (κ3) is 2.50. The van der Waals surface area contributed by atoms with E-state index in [-0.39, 0.29) is 11.9 Å². The Morgan fingerprint density at radius 3 is 3.12 bits per heavy atom. The highest BCUT2D eigenvalue weighted by Crippen LogP contribution is 2.05. The molecule has 2 aromatic heterocycles. The van der Waals surface area contributed by atoms with Crippen LogP contribution in [0.3, 0.4) is 0 Å². The Hall–Kier alpha value is -2.04. The Morgan fingerprint density at radius 2 is 2.50 bits per heavy atom. The lowest BCUT2D eigenvalue weighted by Crippen LogP contribution is -2.20. The second-order valence-electron chi connectivity index (χ2n) is 3.42. The van der Waals surface area contributed by atoms with Crippen LogP contribution in [0.25, 0.3) is 0 Å². The molecule has 16 heavy (non-hydrogen) atoms. The molecule has 0 aromatic carbocycles. The zero-order valence-electron chi connectivity index (χ0n) is 8.87. The summed E-state index contributed by atoms with van der Waals surface area (Å²) in [4.78, 5) is 11.5. The first-order chi connectivity index (χ1) is 7.75. The molecule has 0 fully saturated rings. The summed E-state index contributed by atoms with van der Waals surface area (Å²) in [5.41, 5.74) is 0. The van der Waals surface area contributed by atoms with E-state index in [0.29, 0.717) is 6.54 Å². The van der Waals surface area contributed by atoms with E-state index in [9.17, 15) is 4.79 Å². The summed E-state index contributed by atoms with van der Waals surface area (Å²) in [5, 5.41) is 4.03. The highest BCUT2D eigenvalue weighted by atomic mass is 16.6. The van der Waals surface area contributed by atoms with E-state index >= 15 is 0 Å². The van der Waals surface area contributed by atoms with E-state index in [1.54, 1.807) is 23.0 Å². The van der Waals surface area contributed by atoms with Gasteiger partial charge in [0.25, 0.3) is 0 Å². The van der Waals surface area contributed by atoms with Crippen LogP contribution in [-0.4, -0.2) is 21.9 Å². The van der Waals surface area contributed by atoms with E-state index in [4.69, 9.17) is 9.15 Å². The lowest BCUT2D eigenvalue weighted by Gasteiger charge is -2.11. The third-order valence-electron chi connectivity index (χ3n) is 2.03. The van der Waals surface area contributed by atoms with Crippen LogP contribution in [0, 0.1) is 0 Å². The van der Waals surface area contributed by atoms with Gasteiger partial charge < -0.3 is 9.15 Å². The highest BCUT2D eigenvalue weighted by Gasteiger charge is 2.14. The summed E-state index contributed by atoms with van der Waals surface area (Å²) >= 11 is 0. The Kier molecular flexibility index (Phi) is 3.05. The maximum absolute atomic E-state index is 11.5. The molecule has 0 amide bonds. The fourth-order valence-electron chi connectivity index (χ4n) is 1.34. The molecule has 0 aliphatic rings. The number of ether oxygens (including phenoxy) is 1. The molecule has 1 atom stereocenters. The summed E-state index contributed by atoms with van der Waals surface area (Å²) in [7, 11) is 0. The van der Waals surface area contributed by atoms with Gasteiger partial charge in [-0.2, -0.15) is 5.10 Å². The van der Waals surface area contributed by atoms with E-state index in [0.717, 1.165) is 0 Å². The van der Waals surface area contributed by atoms with Gasteiger partial charge in [-0.3, -0.25) is 4.68 Å². The van der Waals surface area contributed by atoms with Gasteiger partial charge in [-0.05, 0) is 25.1 Å².